The SMILES string of the molecule is COc1nn(C)cc1C(=O)N[S@@]1(=O)=NC(=O)c2ccc3c(c2)N(C[C@@H]2CC[C@H]2[C@@H](OC(=O)CCC(O)CO)/C=C/C[C@H](C)C1)C[C@@]1(CCCc2cc(Cl)ccc21)CO3. The molecule has 7 atom stereocenters. The number of aliphatic hydroxyl groups is 2. The van der Waals surface area contributed by atoms with Crippen LogP contribution in [0.1, 0.15) is 83.7 Å². The number of aromatic nitrogens is 2. The third-order valence-corrected chi connectivity index (χ3v) is 14.1. The van der Waals surface area contributed by atoms with Crippen LogP contribution in [0, 0.1) is 17.8 Å². The lowest BCUT2D eigenvalue weighted by molar-refractivity contribution is -0.152. The number of halogens is 1. The van der Waals surface area contributed by atoms with Crippen LogP contribution in [0.25, 0.3) is 0 Å². The molecular formula is C42H52ClN5O9S. The fourth-order valence-corrected chi connectivity index (χ4v) is 10.9. The smallest absolute Gasteiger partial charge is 0.306 e. The molecule has 0 saturated heterocycles. The molecule has 1 spiro atoms. The molecule has 1 fully saturated rings. The van der Waals surface area contributed by atoms with Crippen molar-refractivity contribution in [3.05, 3.63) is 82.0 Å². The molecule has 14 nitrogen and oxygen atoms in total. The highest BCUT2D eigenvalue weighted by Gasteiger charge is 2.45. The fourth-order valence-electron chi connectivity index (χ4n) is 8.80. The first-order valence-corrected chi connectivity index (χ1v) is 22.0. The number of hydrogen-bond donors (Lipinski definition) is 3. The molecule has 3 N–H and O–H groups in total. The predicted octanol–water partition coefficient (Wildman–Crippen LogP) is 5.18. The Balaban J connectivity index is 1.29. The van der Waals surface area contributed by atoms with Crippen LogP contribution in [0.5, 0.6) is 11.6 Å². The van der Waals surface area contributed by atoms with Crippen LogP contribution < -0.4 is 19.1 Å². The second-order valence-corrected chi connectivity index (χ2v) is 18.7. The van der Waals surface area contributed by atoms with Gasteiger partial charge in [0.05, 0.1) is 37.9 Å². The normalized spacial score (nSPS) is 28.0. The van der Waals surface area contributed by atoms with E-state index in [1.807, 2.05) is 31.2 Å². The van der Waals surface area contributed by atoms with Crippen molar-refractivity contribution in [2.24, 2.45) is 29.2 Å². The number of fused-ring (bicyclic) bond motifs is 4. The van der Waals surface area contributed by atoms with Crippen molar-refractivity contribution in [2.75, 3.05) is 44.1 Å². The third-order valence-electron chi connectivity index (χ3n) is 11.9. The number of hydrogen-bond acceptors (Lipinski definition) is 11. The van der Waals surface area contributed by atoms with Crippen LogP contribution >= 0.6 is 11.6 Å². The topological polar surface area (TPSA) is 182 Å². The van der Waals surface area contributed by atoms with Crippen molar-refractivity contribution in [3.8, 4) is 11.6 Å². The van der Waals surface area contributed by atoms with E-state index < -0.39 is 46.5 Å². The minimum atomic E-state index is -3.72. The molecule has 0 radical (unpaired) electrons. The zero-order valence-corrected chi connectivity index (χ0v) is 34.7. The van der Waals surface area contributed by atoms with Crippen molar-refractivity contribution >= 4 is 45.0 Å². The quantitative estimate of drug-likeness (QED) is 0.201. The van der Waals surface area contributed by atoms with Gasteiger partial charge in [-0.2, -0.15) is 0 Å². The van der Waals surface area contributed by atoms with Gasteiger partial charge in [-0.05, 0) is 104 Å². The molecule has 312 valence electrons. The number of rotatable bonds is 8. The van der Waals surface area contributed by atoms with Gasteiger partial charge in [0.2, 0.25) is 5.88 Å². The highest BCUT2D eigenvalue weighted by atomic mass is 35.5. The molecule has 1 saturated carbocycles. The van der Waals surface area contributed by atoms with Crippen LogP contribution in [0.3, 0.4) is 0 Å². The van der Waals surface area contributed by atoms with Crippen molar-refractivity contribution in [1.82, 2.24) is 14.5 Å². The Morgan fingerprint density at radius 2 is 2.03 bits per heavy atom. The number of benzene rings is 2. The van der Waals surface area contributed by atoms with Gasteiger partial charge in [0.1, 0.15) is 27.3 Å². The van der Waals surface area contributed by atoms with Gasteiger partial charge in [-0.25, -0.2) is 4.21 Å². The Morgan fingerprint density at radius 3 is 2.79 bits per heavy atom. The lowest BCUT2D eigenvalue weighted by atomic mass is 9.68. The Morgan fingerprint density at radius 1 is 1.21 bits per heavy atom. The number of methoxy groups -OCH3 is 1. The molecule has 2 amide bonds. The standard InChI is InChI=1S/C42H52ClN5O9S/c1-26-6-4-8-36(57-38(51)16-12-31(50)22-49)32-13-9-29(32)20-48-24-42(17-5-7-27-18-30(43)11-14-34(27)42)25-56-37-15-10-28(19-35(37)48)39(52)45-58(54,23-26)46-40(53)33-21-47(2)44-41(33)55-3/h4,8,10-11,14-15,18-19,21,26,29,31-32,36,49-50H,5-7,9,12-13,16-17,20,22-25H2,1-3H3,(H,45,46,52,53,54)/b8-4+/t26-,29-,31?,32+,36-,42-,58-/m0/s1. The number of nitrogens with zero attached hydrogens (tertiary/aromatic N) is 4. The van der Waals surface area contributed by atoms with Crippen molar-refractivity contribution in [1.29, 1.82) is 0 Å². The fraction of sp³-hybridized carbons (Fsp3) is 0.524. The summed E-state index contributed by atoms with van der Waals surface area (Å²) >= 11 is 6.47. The van der Waals surface area contributed by atoms with Gasteiger partial charge in [-0.15, -0.1) is 9.46 Å². The number of esters is 1. The lowest BCUT2D eigenvalue weighted by Gasteiger charge is -2.46. The van der Waals surface area contributed by atoms with E-state index in [-0.39, 0.29) is 58.8 Å². The Labute approximate surface area is 344 Å². The summed E-state index contributed by atoms with van der Waals surface area (Å²) in [6.45, 7) is 2.98. The van der Waals surface area contributed by atoms with E-state index in [2.05, 4.69) is 25.1 Å². The third kappa shape index (κ3) is 9.07. The molecule has 2 aromatic carbocycles. The number of carbonyl (C=O) groups excluding carboxylic acids is 3. The summed E-state index contributed by atoms with van der Waals surface area (Å²) in [5, 5.41) is 24.0. The van der Waals surface area contributed by atoms with Gasteiger partial charge in [-0.1, -0.05) is 30.7 Å². The van der Waals surface area contributed by atoms with Gasteiger partial charge in [-0.3, -0.25) is 23.8 Å². The number of amides is 2. The van der Waals surface area contributed by atoms with E-state index in [0.29, 0.717) is 42.6 Å². The highest BCUT2D eigenvalue weighted by molar-refractivity contribution is 7.92. The van der Waals surface area contributed by atoms with Crippen LogP contribution in [-0.4, -0.2) is 93.4 Å². The summed E-state index contributed by atoms with van der Waals surface area (Å²) in [6.07, 6.45) is 8.47. The van der Waals surface area contributed by atoms with E-state index in [4.69, 9.17) is 25.8 Å². The molecule has 7 rings (SSSR count). The number of aryl methyl sites for hydroxylation is 2. The molecule has 16 heteroatoms. The molecule has 2 bridgehead atoms. The summed E-state index contributed by atoms with van der Waals surface area (Å²) in [6, 6.07) is 11.2. The van der Waals surface area contributed by atoms with Gasteiger partial charge in [0.25, 0.3) is 11.8 Å². The minimum Gasteiger partial charge on any atom is -0.490 e. The van der Waals surface area contributed by atoms with Crippen LogP contribution in [0.2, 0.25) is 5.02 Å². The maximum atomic E-state index is 14.7. The van der Waals surface area contributed by atoms with Crippen LogP contribution in [-0.2, 0) is 38.3 Å². The Hall–Kier alpha value is -4.44. The summed E-state index contributed by atoms with van der Waals surface area (Å²) in [7, 11) is -0.727. The van der Waals surface area contributed by atoms with Crippen LogP contribution in [0.15, 0.2) is 59.1 Å². The molecule has 1 aromatic heterocycles. The average molecular weight is 838 g/mol. The summed E-state index contributed by atoms with van der Waals surface area (Å²) < 4.78 is 41.0. The zero-order valence-electron chi connectivity index (χ0n) is 33.1. The van der Waals surface area contributed by atoms with Crippen LogP contribution in [0.4, 0.5) is 5.69 Å². The second-order valence-electron chi connectivity index (χ2n) is 16.2. The first kappa shape index (κ1) is 41.7. The molecule has 3 aromatic rings. The van der Waals surface area contributed by atoms with Crippen molar-refractivity contribution < 1.29 is 43.0 Å². The van der Waals surface area contributed by atoms with Crippen molar-refractivity contribution in [3.63, 3.8) is 0 Å². The van der Waals surface area contributed by atoms with E-state index in [9.17, 15) is 28.8 Å². The van der Waals surface area contributed by atoms with E-state index >= 15 is 0 Å². The maximum Gasteiger partial charge on any atom is 0.306 e. The summed E-state index contributed by atoms with van der Waals surface area (Å²) in [4.78, 5) is 43.2. The van der Waals surface area contributed by atoms with E-state index in [1.165, 1.54) is 29.1 Å². The largest absolute Gasteiger partial charge is 0.490 e. The number of aliphatic hydroxyl groups excluding tert-OH is 2. The number of anilines is 1. The van der Waals surface area contributed by atoms with E-state index in [0.717, 1.165) is 32.1 Å². The highest BCUT2D eigenvalue weighted by Crippen LogP contribution is 2.47. The van der Waals surface area contributed by atoms with Gasteiger partial charge >= 0.3 is 5.97 Å². The second kappa shape index (κ2) is 17.4. The molecule has 2 aliphatic heterocycles. The Kier molecular flexibility index (Phi) is 12.5. The van der Waals surface area contributed by atoms with Crippen molar-refractivity contribution in [2.45, 2.75) is 75.9 Å². The zero-order chi connectivity index (χ0) is 41.2. The molecular weight excluding hydrogens is 786 g/mol. The summed E-state index contributed by atoms with van der Waals surface area (Å²) in [5.74, 6) is -1.72. The molecule has 2 aliphatic carbocycles. The molecule has 4 aliphatic rings. The maximum absolute atomic E-state index is 14.7. The van der Waals surface area contributed by atoms with E-state index in [1.54, 1.807) is 25.2 Å². The average Bonchev–Trinajstić information content (AvgIpc) is 3.50. The minimum absolute atomic E-state index is 0.0232. The molecule has 3 heterocycles. The number of allylic oxidation sites excluding steroid dienone is 1. The molecule has 58 heavy (non-hydrogen) atoms. The van der Waals surface area contributed by atoms with Gasteiger partial charge in [0.15, 0.2) is 0 Å². The number of ether oxygens (including phenoxy) is 3. The Bertz CT molecular complexity index is 2200. The molecule has 1 unspecified atom stereocenters. The first-order chi connectivity index (χ1) is 27.8. The monoisotopic (exact) mass is 837 g/mol. The predicted molar refractivity (Wildman–Crippen MR) is 219 cm³/mol. The number of carbonyl (C=O) groups is 3. The number of nitrogens with one attached hydrogen (secondary N) is 1. The van der Waals surface area contributed by atoms with Gasteiger partial charge < -0.3 is 29.3 Å². The first-order valence-electron chi connectivity index (χ1n) is 19.9. The lowest BCUT2D eigenvalue weighted by Crippen LogP contribution is -2.50. The van der Waals surface area contributed by atoms with Gasteiger partial charge in [0, 0.05) is 54.7 Å². The summed E-state index contributed by atoms with van der Waals surface area (Å²) in [5.41, 5.74) is 2.93.